The number of rotatable bonds is 9. The molecule has 0 spiro atoms. The van der Waals surface area contributed by atoms with Crippen molar-refractivity contribution in [3.05, 3.63) is 66.2 Å². The fraction of sp³-hybridized carbons (Fsp3) is 0.273. The van der Waals surface area contributed by atoms with E-state index in [-0.39, 0.29) is 12.2 Å². The monoisotopic (exact) mass is 365 g/mol. The van der Waals surface area contributed by atoms with Gasteiger partial charge in [-0.3, -0.25) is 4.79 Å². The summed E-state index contributed by atoms with van der Waals surface area (Å²) < 4.78 is 16.0. The number of carbonyl (C=O) groups is 1. The maximum Gasteiger partial charge on any atom is 0.164 e. The number of nitriles is 1. The van der Waals surface area contributed by atoms with Gasteiger partial charge in [-0.05, 0) is 37.3 Å². The summed E-state index contributed by atoms with van der Waals surface area (Å²) in [6.45, 7) is 5.73. The molecule has 0 aromatic heterocycles. The molecule has 1 atom stereocenters. The number of nitrogens with zero attached hydrogens (tertiary/aromatic N) is 1. The van der Waals surface area contributed by atoms with Gasteiger partial charge in [0.25, 0.3) is 0 Å². The SMILES string of the molecule is C=CCOc1ccc(C(=O)CC(C)(C#N)c2ccc(OC)cc2OC)cc1. The fourth-order valence-corrected chi connectivity index (χ4v) is 2.76. The van der Waals surface area contributed by atoms with Crippen molar-refractivity contribution in [2.45, 2.75) is 18.8 Å². The van der Waals surface area contributed by atoms with Gasteiger partial charge in [0.05, 0.1) is 25.7 Å². The third-order valence-electron chi connectivity index (χ3n) is 4.31. The van der Waals surface area contributed by atoms with Crippen molar-refractivity contribution in [3.63, 3.8) is 0 Å². The van der Waals surface area contributed by atoms with Gasteiger partial charge in [-0.2, -0.15) is 5.26 Å². The van der Waals surface area contributed by atoms with E-state index in [0.29, 0.717) is 35.0 Å². The zero-order valence-corrected chi connectivity index (χ0v) is 15.8. The summed E-state index contributed by atoms with van der Waals surface area (Å²) in [6, 6.07) is 14.4. The van der Waals surface area contributed by atoms with E-state index < -0.39 is 5.41 Å². The first-order valence-corrected chi connectivity index (χ1v) is 8.48. The Morgan fingerprint density at radius 1 is 1.15 bits per heavy atom. The van der Waals surface area contributed by atoms with Gasteiger partial charge in [0.1, 0.15) is 23.9 Å². The largest absolute Gasteiger partial charge is 0.497 e. The molecule has 27 heavy (non-hydrogen) atoms. The molecule has 0 amide bonds. The van der Waals surface area contributed by atoms with E-state index in [9.17, 15) is 10.1 Å². The van der Waals surface area contributed by atoms with Crippen molar-refractivity contribution >= 4 is 5.78 Å². The quantitative estimate of drug-likeness (QED) is 0.489. The standard InChI is InChI=1S/C22H23NO4/c1-5-12-27-17-8-6-16(7-9-17)20(24)14-22(2,15-23)19-11-10-18(25-3)13-21(19)26-4/h5-11,13H,1,12,14H2,2-4H3. The molecule has 0 saturated heterocycles. The Balaban J connectivity index is 2.26. The molecule has 0 radical (unpaired) electrons. The highest BCUT2D eigenvalue weighted by atomic mass is 16.5. The first-order chi connectivity index (χ1) is 13.0. The molecule has 0 aliphatic rings. The van der Waals surface area contributed by atoms with Crippen LogP contribution in [0, 0.1) is 11.3 Å². The molecule has 0 aliphatic heterocycles. The molecule has 0 bridgehead atoms. The minimum atomic E-state index is -1.04. The van der Waals surface area contributed by atoms with Crippen LogP contribution in [0.1, 0.15) is 29.3 Å². The number of ether oxygens (including phenoxy) is 3. The molecular formula is C22H23NO4. The van der Waals surface area contributed by atoms with Crippen LogP contribution in [-0.2, 0) is 5.41 Å². The van der Waals surface area contributed by atoms with Gasteiger partial charge >= 0.3 is 0 Å². The summed E-state index contributed by atoms with van der Waals surface area (Å²) in [5, 5.41) is 9.80. The molecular weight excluding hydrogens is 342 g/mol. The summed E-state index contributed by atoms with van der Waals surface area (Å²) in [6.07, 6.45) is 1.68. The molecule has 0 aliphatic carbocycles. The van der Waals surface area contributed by atoms with Crippen molar-refractivity contribution in [3.8, 4) is 23.3 Å². The van der Waals surface area contributed by atoms with Gasteiger partial charge in [-0.1, -0.05) is 18.7 Å². The van der Waals surface area contributed by atoms with Crippen LogP contribution in [-0.4, -0.2) is 26.6 Å². The zero-order chi connectivity index (χ0) is 19.9. The lowest BCUT2D eigenvalue weighted by atomic mass is 9.78. The van der Waals surface area contributed by atoms with Crippen LogP contribution in [0.25, 0.3) is 0 Å². The summed E-state index contributed by atoms with van der Waals surface area (Å²) in [5.74, 6) is 1.66. The smallest absolute Gasteiger partial charge is 0.164 e. The van der Waals surface area contributed by atoms with Gasteiger partial charge < -0.3 is 14.2 Å². The van der Waals surface area contributed by atoms with E-state index in [1.165, 1.54) is 7.11 Å². The summed E-state index contributed by atoms with van der Waals surface area (Å²) in [4.78, 5) is 12.8. The lowest BCUT2D eigenvalue weighted by Crippen LogP contribution is -2.24. The first-order valence-electron chi connectivity index (χ1n) is 8.48. The Kier molecular flexibility index (Phi) is 6.62. The number of carbonyl (C=O) groups excluding carboxylic acids is 1. The van der Waals surface area contributed by atoms with E-state index in [0.717, 1.165) is 0 Å². The highest BCUT2D eigenvalue weighted by Crippen LogP contribution is 2.37. The van der Waals surface area contributed by atoms with E-state index >= 15 is 0 Å². The number of benzene rings is 2. The predicted octanol–water partition coefficient (Wildman–Crippen LogP) is 4.32. The lowest BCUT2D eigenvalue weighted by molar-refractivity contribution is 0.0965. The Labute approximate surface area is 159 Å². The van der Waals surface area contributed by atoms with Crippen LogP contribution in [0.4, 0.5) is 0 Å². The second-order valence-electron chi connectivity index (χ2n) is 6.23. The van der Waals surface area contributed by atoms with Crippen LogP contribution >= 0.6 is 0 Å². The molecule has 0 fully saturated rings. The van der Waals surface area contributed by atoms with Crippen molar-refractivity contribution < 1.29 is 19.0 Å². The Bertz CT molecular complexity index is 852. The average Bonchev–Trinajstić information content (AvgIpc) is 2.71. The summed E-state index contributed by atoms with van der Waals surface area (Å²) in [5.41, 5.74) is 0.134. The molecule has 0 saturated carbocycles. The molecule has 0 N–H and O–H groups in total. The highest BCUT2D eigenvalue weighted by Gasteiger charge is 2.33. The average molecular weight is 365 g/mol. The number of Topliss-reactive ketones (excluding diaryl/α,β-unsaturated/α-hetero) is 1. The molecule has 0 heterocycles. The molecule has 1 unspecified atom stereocenters. The van der Waals surface area contributed by atoms with Crippen LogP contribution in [0.15, 0.2) is 55.1 Å². The maximum absolute atomic E-state index is 12.8. The predicted molar refractivity (Wildman–Crippen MR) is 104 cm³/mol. The van der Waals surface area contributed by atoms with Crippen LogP contribution in [0.5, 0.6) is 17.2 Å². The lowest BCUT2D eigenvalue weighted by Gasteiger charge is -2.24. The van der Waals surface area contributed by atoms with Gasteiger partial charge in [0.2, 0.25) is 0 Å². The van der Waals surface area contributed by atoms with E-state index in [4.69, 9.17) is 14.2 Å². The number of ketones is 1. The third kappa shape index (κ3) is 4.68. The highest BCUT2D eigenvalue weighted by molar-refractivity contribution is 5.97. The molecule has 2 aromatic carbocycles. The van der Waals surface area contributed by atoms with Crippen molar-refractivity contribution in [1.82, 2.24) is 0 Å². The zero-order valence-electron chi connectivity index (χ0n) is 15.8. The fourth-order valence-electron chi connectivity index (χ4n) is 2.76. The van der Waals surface area contributed by atoms with Gasteiger partial charge in [0, 0.05) is 23.6 Å². The van der Waals surface area contributed by atoms with Gasteiger partial charge in [-0.15, -0.1) is 0 Å². The summed E-state index contributed by atoms with van der Waals surface area (Å²) in [7, 11) is 3.09. The van der Waals surface area contributed by atoms with Crippen molar-refractivity contribution in [2.24, 2.45) is 0 Å². The number of hydrogen-bond donors (Lipinski definition) is 0. The van der Waals surface area contributed by atoms with E-state index in [1.54, 1.807) is 62.6 Å². The van der Waals surface area contributed by atoms with Crippen LogP contribution in [0.3, 0.4) is 0 Å². The second kappa shape index (κ2) is 8.91. The van der Waals surface area contributed by atoms with Crippen molar-refractivity contribution in [1.29, 1.82) is 5.26 Å². The van der Waals surface area contributed by atoms with Gasteiger partial charge in [-0.25, -0.2) is 0 Å². The molecule has 2 rings (SSSR count). The Morgan fingerprint density at radius 3 is 2.37 bits per heavy atom. The molecule has 5 nitrogen and oxygen atoms in total. The number of hydrogen-bond acceptors (Lipinski definition) is 5. The maximum atomic E-state index is 12.8. The topological polar surface area (TPSA) is 68.6 Å². The van der Waals surface area contributed by atoms with Gasteiger partial charge in [0.15, 0.2) is 5.78 Å². The van der Waals surface area contributed by atoms with E-state index in [2.05, 4.69) is 12.6 Å². The molecule has 140 valence electrons. The second-order valence-corrected chi connectivity index (χ2v) is 6.23. The Hall–Kier alpha value is -3.26. The minimum Gasteiger partial charge on any atom is -0.497 e. The molecule has 2 aromatic rings. The van der Waals surface area contributed by atoms with Crippen molar-refractivity contribution in [2.75, 3.05) is 20.8 Å². The van der Waals surface area contributed by atoms with Crippen LogP contribution in [0.2, 0.25) is 0 Å². The van der Waals surface area contributed by atoms with E-state index in [1.807, 2.05) is 0 Å². The third-order valence-corrected chi connectivity index (χ3v) is 4.31. The normalized spacial score (nSPS) is 12.4. The Morgan fingerprint density at radius 2 is 1.81 bits per heavy atom. The first kappa shape index (κ1) is 20.1. The minimum absolute atomic E-state index is 0.0268. The number of methoxy groups -OCH3 is 2. The summed E-state index contributed by atoms with van der Waals surface area (Å²) >= 11 is 0. The van der Waals surface area contributed by atoms with Crippen LogP contribution < -0.4 is 14.2 Å². The molecule has 5 heteroatoms.